The van der Waals surface area contributed by atoms with Crippen LogP contribution in [0, 0.1) is 6.92 Å². The van der Waals surface area contributed by atoms with Crippen LogP contribution in [-0.4, -0.2) is 12.9 Å². The summed E-state index contributed by atoms with van der Waals surface area (Å²) >= 11 is 0. The van der Waals surface area contributed by atoms with Crippen LogP contribution in [0.3, 0.4) is 0 Å². The lowest BCUT2D eigenvalue weighted by molar-refractivity contribution is 1.08. The Bertz CT molecular complexity index is 326. The largest absolute Gasteiger partial charge is 0.403 e. The standard InChI is InChI=1S/C9H12N2.C3H7N.C2H6/c1-8-4-2-3-5-9(8)6-11-7-10;1-3(2)4;1-2/h2-6H,7,10H2,1H3;1,4H2,2H3;1-2H3/b11-6+;;. The molecule has 1 aromatic carbocycles. The van der Waals surface area contributed by atoms with Gasteiger partial charge in [0.1, 0.15) is 0 Å². The number of nitrogens with two attached hydrogens (primary N) is 2. The van der Waals surface area contributed by atoms with Crippen LogP contribution in [0.2, 0.25) is 0 Å². The van der Waals surface area contributed by atoms with Crippen molar-refractivity contribution in [1.29, 1.82) is 0 Å². The van der Waals surface area contributed by atoms with Crippen molar-refractivity contribution in [3.63, 3.8) is 0 Å². The third-order valence-electron chi connectivity index (χ3n) is 1.52. The van der Waals surface area contributed by atoms with Crippen LogP contribution in [0.25, 0.3) is 0 Å². The number of benzene rings is 1. The first-order chi connectivity index (χ1) is 8.07. The lowest BCUT2D eigenvalue weighted by Gasteiger charge is -1.96. The summed E-state index contributed by atoms with van der Waals surface area (Å²) in [5, 5.41) is 0. The number of hydrogen-bond donors (Lipinski definition) is 2. The molecule has 0 aromatic heterocycles. The molecule has 3 heteroatoms. The van der Waals surface area contributed by atoms with Gasteiger partial charge in [-0.25, -0.2) is 0 Å². The molecule has 17 heavy (non-hydrogen) atoms. The van der Waals surface area contributed by atoms with Gasteiger partial charge in [0.05, 0.1) is 6.67 Å². The first kappa shape index (κ1) is 17.8. The topological polar surface area (TPSA) is 64.4 Å². The van der Waals surface area contributed by atoms with E-state index in [1.807, 2.05) is 32.0 Å². The maximum absolute atomic E-state index is 5.23. The van der Waals surface area contributed by atoms with Gasteiger partial charge >= 0.3 is 0 Å². The van der Waals surface area contributed by atoms with Crippen molar-refractivity contribution in [1.82, 2.24) is 0 Å². The van der Waals surface area contributed by atoms with Crippen molar-refractivity contribution in [2.45, 2.75) is 27.7 Å². The molecule has 1 rings (SSSR count). The zero-order chi connectivity index (χ0) is 13.7. The van der Waals surface area contributed by atoms with Crippen LogP contribution in [0.5, 0.6) is 0 Å². The van der Waals surface area contributed by atoms with Crippen molar-refractivity contribution in [3.05, 3.63) is 47.7 Å². The second-order valence-corrected chi connectivity index (χ2v) is 3.20. The number of aryl methyl sites for hydroxylation is 1. The van der Waals surface area contributed by atoms with E-state index in [1.165, 1.54) is 5.56 Å². The summed E-state index contributed by atoms with van der Waals surface area (Å²) in [7, 11) is 0. The van der Waals surface area contributed by atoms with Crippen LogP contribution in [0.15, 0.2) is 41.5 Å². The second-order valence-electron chi connectivity index (χ2n) is 3.20. The van der Waals surface area contributed by atoms with E-state index in [4.69, 9.17) is 11.5 Å². The second kappa shape index (κ2) is 12.5. The molecule has 0 radical (unpaired) electrons. The number of allylic oxidation sites excluding steroid dienone is 1. The maximum atomic E-state index is 5.23. The first-order valence-electron chi connectivity index (χ1n) is 5.74. The van der Waals surface area contributed by atoms with Crippen molar-refractivity contribution < 1.29 is 0 Å². The first-order valence-corrected chi connectivity index (χ1v) is 5.74. The summed E-state index contributed by atoms with van der Waals surface area (Å²) < 4.78 is 0. The minimum atomic E-state index is 0.355. The van der Waals surface area contributed by atoms with Gasteiger partial charge in [-0.2, -0.15) is 0 Å². The summed E-state index contributed by atoms with van der Waals surface area (Å²) in [5.41, 5.74) is 13.2. The molecule has 0 unspecified atom stereocenters. The maximum Gasteiger partial charge on any atom is 0.0859 e. The van der Waals surface area contributed by atoms with E-state index >= 15 is 0 Å². The molecule has 0 saturated carbocycles. The smallest absolute Gasteiger partial charge is 0.0859 e. The summed E-state index contributed by atoms with van der Waals surface area (Å²) in [6, 6.07) is 8.08. The van der Waals surface area contributed by atoms with E-state index < -0.39 is 0 Å². The number of nitrogens with zero attached hydrogens (tertiary/aromatic N) is 1. The van der Waals surface area contributed by atoms with E-state index in [-0.39, 0.29) is 0 Å². The molecule has 0 heterocycles. The Kier molecular flexibility index (Phi) is 13.0. The molecule has 0 fully saturated rings. The fourth-order valence-electron chi connectivity index (χ4n) is 0.883. The van der Waals surface area contributed by atoms with Crippen LogP contribution in [0.4, 0.5) is 0 Å². The van der Waals surface area contributed by atoms with Gasteiger partial charge in [0.25, 0.3) is 0 Å². The normalized spacial score (nSPS) is 8.76. The predicted octanol–water partition coefficient (Wildman–Crippen LogP) is 2.84. The highest BCUT2D eigenvalue weighted by Gasteiger charge is 1.89. The molecular formula is C14H25N3. The molecule has 0 aliphatic carbocycles. The molecule has 0 aliphatic heterocycles. The third-order valence-corrected chi connectivity index (χ3v) is 1.52. The number of rotatable bonds is 2. The molecule has 3 nitrogen and oxygen atoms in total. The number of hydrogen-bond acceptors (Lipinski definition) is 3. The fraction of sp³-hybridized carbons (Fsp3) is 0.357. The van der Waals surface area contributed by atoms with Gasteiger partial charge in [0, 0.05) is 6.21 Å². The molecular weight excluding hydrogens is 210 g/mol. The molecule has 0 amide bonds. The zero-order valence-electron chi connectivity index (χ0n) is 11.4. The van der Waals surface area contributed by atoms with Crippen molar-refractivity contribution in [3.8, 4) is 0 Å². The summed E-state index contributed by atoms with van der Waals surface area (Å²) in [6.45, 7) is 11.5. The highest BCUT2D eigenvalue weighted by atomic mass is 14.8. The monoisotopic (exact) mass is 235 g/mol. The van der Waals surface area contributed by atoms with E-state index in [2.05, 4.69) is 24.6 Å². The van der Waals surface area contributed by atoms with Gasteiger partial charge in [-0.3, -0.25) is 4.99 Å². The fourth-order valence-corrected chi connectivity index (χ4v) is 0.883. The van der Waals surface area contributed by atoms with Gasteiger partial charge in [-0.1, -0.05) is 44.7 Å². The Balaban J connectivity index is 0. The highest BCUT2D eigenvalue weighted by Crippen LogP contribution is 2.02. The van der Waals surface area contributed by atoms with Gasteiger partial charge in [0.15, 0.2) is 0 Å². The molecule has 0 saturated heterocycles. The Morgan fingerprint density at radius 3 is 2.24 bits per heavy atom. The molecule has 0 aliphatic rings. The summed E-state index contributed by atoms with van der Waals surface area (Å²) in [6.07, 6.45) is 1.80. The zero-order valence-corrected chi connectivity index (χ0v) is 11.4. The van der Waals surface area contributed by atoms with Crippen molar-refractivity contribution >= 4 is 6.21 Å². The van der Waals surface area contributed by atoms with E-state index in [0.29, 0.717) is 12.4 Å². The Morgan fingerprint density at radius 2 is 1.82 bits per heavy atom. The minimum absolute atomic E-state index is 0.355. The van der Waals surface area contributed by atoms with Gasteiger partial charge in [-0.05, 0) is 30.7 Å². The van der Waals surface area contributed by atoms with E-state index in [0.717, 1.165) is 5.56 Å². The predicted molar refractivity (Wildman–Crippen MR) is 78.2 cm³/mol. The summed E-state index contributed by atoms with van der Waals surface area (Å²) in [5.74, 6) is 0. The Morgan fingerprint density at radius 1 is 1.35 bits per heavy atom. The van der Waals surface area contributed by atoms with Crippen molar-refractivity contribution in [2.24, 2.45) is 16.5 Å². The molecule has 1 aromatic rings. The quantitative estimate of drug-likeness (QED) is 0.774. The molecule has 96 valence electrons. The molecule has 0 spiro atoms. The van der Waals surface area contributed by atoms with Crippen molar-refractivity contribution in [2.75, 3.05) is 6.67 Å². The molecule has 0 bridgehead atoms. The summed E-state index contributed by atoms with van der Waals surface area (Å²) in [4.78, 5) is 3.96. The van der Waals surface area contributed by atoms with E-state index in [1.54, 1.807) is 13.1 Å². The van der Waals surface area contributed by atoms with Crippen LogP contribution >= 0.6 is 0 Å². The average Bonchev–Trinajstić information content (AvgIpc) is 2.30. The minimum Gasteiger partial charge on any atom is -0.403 e. The SMILES string of the molecule is C=C(C)N.CC.Cc1ccccc1/C=N/CN. The lowest BCUT2D eigenvalue weighted by Crippen LogP contribution is -1.95. The van der Waals surface area contributed by atoms with Gasteiger partial charge in [0.2, 0.25) is 0 Å². The van der Waals surface area contributed by atoms with Crippen LogP contribution in [0.1, 0.15) is 31.9 Å². The number of aliphatic imine (C=N–C) groups is 1. The molecule has 0 atom stereocenters. The Labute approximate surface area is 105 Å². The van der Waals surface area contributed by atoms with Gasteiger partial charge in [-0.15, -0.1) is 0 Å². The van der Waals surface area contributed by atoms with Crippen LogP contribution < -0.4 is 11.5 Å². The van der Waals surface area contributed by atoms with E-state index in [9.17, 15) is 0 Å². The third kappa shape index (κ3) is 12.3. The average molecular weight is 235 g/mol. The van der Waals surface area contributed by atoms with Crippen LogP contribution in [-0.2, 0) is 0 Å². The molecule has 4 N–H and O–H groups in total. The lowest BCUT2D eigenvalue weighted by atomic mass is 10.1. The highest BCUT2D eigenvalue weighted by molar-refractivity contribution is 5.81. The Hall–Kier alpha value is -1.61. The van der Waals surface area contributed by atoms with Gasteiger partial charge < -0.3 is 11.5 Å².